The lowest BCUT2D eigenvalue weighted by Crippen LogP contribution is -2.20. The number of nitrogens with zero attached hydrogens (tertiary/aromatic N) is 5. The average Bonchev–Trinajstić information content (AvgIpc) is 2.83. The van der Waals surface area contributed by atoms with E-state index in [9.17, 15) is 0 Å². The molecule has 0 saturated heterocycles. The third kappa shape index (κ3) is 3.88. The van der Waals surface area contributed by atoms with E-state index in [-0.39, 0.29) is 5.41 Å². The van der Waals surface area contributed by atoms with Gasteiger partial charge in [0.1, 0.15) is 29.6 Å². The Hall–Kier alpha value is -2.22. The number of nitrogens with two attached hydrogens (primary N) is 1. The van der Waals surface area contributed by atoms with Gasteiger partial charge in [-0.15, -0.1) is 10.2 Å². The lowest BCUT2D eigenvalue weighted by molar-refractivity contribution is 0.546. The standard InChI is InChI=1S/C13H22N8/c1-13(2,3)12-17-9(7-10(18-12)19-14)15-6-5-11-20-16-8-21(11)4/h7-8H,5-6,14H2,1-4H3,(H2,15,17,18,19). The Bertz CT molecular complexity index is 598. The Labute approximate surface area is 124 Å². The van der Waals surface area contributed by atoms with Gasteiger partial charge in [0.2, 0.25) is 0 Å². The van der Waals surface area contributed by atoms with Gasteiger partial charge in [0.15, 0.2) is 0 Å². The molecule has 0 aliphatic carbocycles. The molecule has 0 unspecified atom stereocenters. The van der Waals surface area contributed by atoms with Crippen molar-refractivity contribution in [1.29, 1.82) is 0 Å². The van der Waals surface area contributed by atoms with Crippen molar-refractivity contribution in [1.82, 2.24) is 24.7 Å². The molecule has 2 aromatic heterocycles. The molecule has 0 atom stereocenters. The Morgan fingerprint density at radius 3 is 2.52 bits per heavy atom. The molecule has 0 saturated carbocycles. The van der Waals surface area contributed by atoms with Crippen molar-refractivity contribution in [3.05, 3.63) is 24.0 Å². The van der Waals surface area contributed by atoms with Gasteiger partial charge >= 0.3 is 0 Å². The minimum atomic E-state index is -0.146. The number of aryl methyl sites for hydroxylation is 1. The van der Waals surface area contributed by atoms with Crippen LogP contribution in [0.2, 0.25) is 0 Å². The number of rotatable bonds is 5. The molecule has 0 aliphatic rings. The number of nitrogen functional groups attached to an aromatic ring is 1. The summed E-state index contributed by atoms with van der Waals surface area (Å²) in [6, 6.07) is 1.78. The quantitative estimate of drug-likeness (QED) is 0.553. The van der Waals surface area contributed by atoms with Gasteiger partial charge in [0.05, 0.1) is 0 Å². The lowest BCUT2D eigenvalue weighted by atomic mass is 9.96. The molecule has 21 heavy (non-hydrogen) atoms. The Morgan fingerprint density at radius 2 is 1.95 bits per heavy atom. The first kappa shape index (κ1) is 15.2. The smallest absolute Gasteiger partial charge is 0.145 e. The van der Waals surface area contributed by atoms with E-state index in [1.165, 1.54) is 0 Å². The first-order valence-corrected chi connectivity index (χ1v) is 6.83. The molecule has 0 amide bonds. The molecule has 8 nitrogen and oxygen atoms in total. The second-order valence-electron chi connectivity index (χ2n) is 5.89. The van der Waals surface area contributed by atoms with Gasteiger partial charge in [0.25, 0.3) is 0 Å². The van der Waals surface area contributed by atoms with Gasteiger partial charge in [-0.1, -0.05) is 20.8 Å². The summed E-state index contributed by atoms with van der Waals surface area (Å²) in [5.41, 5.74) is 2.43. The second-order valence-corrected chi connectivity index (χ2v) is 5.89. The fourth-order valence-electron chi connectivity index (χ4n) is 1.78. The van der Waals surface area contributed by atoms with E-state index < -0.39 is 0 Å². The van der Waals surface area contributed by atoms with Crippen LogP contribution in [0.4, 0.5) is 11.6 Å². The van der Waals surface area contributed by atoms with Crippen LogP contribution in [-0.4, -0.2) is 31.3 Å². The van der Waals surface area contributed by atoms with E-state index in [0.717, 1.165) is 23.9 Å². The molecular formula is C13H22N8. The highest BCUT2D eigenvalue weighted by Crippen LogP contribution is 2.21. The van der Waals surface area contributed by atoms with Crippen LogP contribution in [-0.2, 0) is 18.9 Å². The molecule has 0 aliphatic heterocycles. The zero-order valence-electron chi connectivity index (χ0n) is 12.9. The van der Waals surface area contributed by atoms with Gasteiger partial charge in [-0.05, 0) is 0 Å². The lowest BCUT2D eigenvalue weighted by Gasteiger charge is -2.18. The molecule has 8 heteroatoms. The van der Waals surface area contributed by atoms with Crippen LogP contribution in [0.15, 0.2) is 12.4 Å². The number of hydrogen-bond donors (Lipinski definition) is 3. The molecule has 0 bridgehead atoms. The predicted octanol–water partition coefficient (Wildman–Crippen LogP) is 0.843. The summed E-state index contributed by atoms with van der Waals surface area (Å²) < 4.78 is 1.90. The molecule has 0 aromatic carbocycles. The SMILES string of the molecule is Cn1cnnc1CCNc1cc(NN)nc(C(C)(C)C)n1. The third-order valence-corrected chi connectivity index (χ3v) is 3.00. The van der Waals surface area contributed by atoms with E-state index in [0.29, 0.717) is 12.4 Å². The number of hydrazine groups is 1. The normalized spacial score (nSPS) is 11.5. The minimum absolute atomic E-state index is 0.146. The van der Waals surface area contributed by atoms with Crippen LogP contribution in [0.5, 0.6) is 0 Å². The Balaban J connectivity index is 2.07. The van der Waals surface area contributed by atoms with Crippen molar-refractivity contribution < 1.29 is 0 Å². The molecule has 2 aromatic rings. The summed E-state index contributed by atoms with van der Waals surface area (Å²) in [6.45, 7) is 6.89. The molecular weight excluding hydrogens is 268 g/mol. The predicted molar refractivity (Wildman–Crippen MR) is 81.7 cm³/mol. The van der Waals surface area contributed by atoms with Crippen LogP contribution >= 0.6 is 0 Å². The van der Waals surface area contributed by atoms with Gasteiger partial charge in [-0.3, -0.25) is 0 Å². The van der Waals surface area contributed by atoms with E-state index >= 15 is 0 Å². The average molecular weight is 290 g/mol. The van der Waals surface area contributed by atoms with E-state index in [4.69, 9.17) is 5.84 Å². The van der Waals surface area contributed by atoms with Crippen molar-refractivity contribution in [2.24, 2.45) is 12.9 Å². The topological polar surface area (TPSA) is 107 Å². The van der Waals surface area contributed by atoms with Gasteiger partial charge in [-0.2, -0.15) is 0 Å². The van der Waals surface area contributed by atoms with Crippen LogP contribution in [0.3, 0.4) is 0 Å². The zero-order valence-corrected chi connectivity index (χ0v) is 12.9. The number of anilines is 2. The van der Waals surface area contributed by atoms with Crippen molar-refractivity contribution in [2.75, 3.05) is 17.3 Å². The first-order valence-electron chi connectivity index (χ1n) is 6.83. The Kier molecular flexibility index (Phi) is 4.37. The number of hydrogen-bond acceptors (Lipinski definition) is 7. The van der Waals surface area contributed by atoms with E-state index in [2.05, 4.69) is 51.7 Å². The second kappa shape index (κ2) is 6.04. The Morgan fingerprint density at radius 1 is 1.24 bits per heavy atom. The van der Waals surface area contributed by atoms with Crippen molar-refractivity contribution >= 4 is 11.6 Å². The maximum atomic E-state index is 5.47. The molecule has 0 radical (unpaired) electrons. The minimum Gasteiger partial charge on any atom is -0.369 e. The van der Waals surface area contributed by atoms with Gasteiger partial charge in [0, 0.05) is 31.5 Å². The maximum absolute atomic E-state index is 5.47. The highest BCUT2D eigenvalue weighted by atomic mass is 15.3. The van der Waals surface area contributed by atoms with Gasteiger partial charge < -0.3 is 15.3 Å². The van der Waals surface area contributed by atoms with Crippen molar-refractivity contribution in [2.45, 2.75) is 32.6 Å². The van der Waals surface area contributed by atoms with E-state index in [1.807, 2.05) is 11.6 Å². The summed E-state index contributed by atoms with van der Waals surface area (Å²) in [5.74, 6) is 8.46. The summed E-state index contributed by atoms with van der Waals surface area (Å²) in [5, 5.41) is 11.2. The van der Waals surface area contributed by atoms with Gasteiger partial charge in [-0.25, -0.2) is 15.8 Å². The van der Waals surface area contributed by atoms with E-state index in [1.54, 1.807) is 12.4 Å². The highest BCUT2D eigenvalue weighted by molar-refractivity contribution is 5.47. The van der Waals surface area contributed by atoms with Crippen LogP contribution in [0.25, 0.3) is 0 Å². The van der Waals surface area contributed by atoms with Crippen molar-refractivity contribution in [3.63, 3.8) is 0 Å². The van der Waals surface area contributed by atoms with Crippen LogP contribution < -0.4 is 16.6 Å². The summed E-state index contributed by atoms with van der Waals surface area (Å²) >= 11 is 0. The van der Waals surface area contributed by atoms with Crippen molar-refractivity contribution in [3.8, 4) is 0 Å². The number of nitrogens with one attached hydrogen (secondary N) is 2. The summed E-state index contributed by atoms with van der Waals surface area (Å²) in [6.07, 6.45) is 2.45. The fourth-order valence-corrected chi connectivity index (χ4v) is 1.78. The molecule has 114 valence electrons. The monoisotopic (exact) mass is 290 g/mol. The summed E-state index contributed by atoms with van der Waals surface area (Å²) in [4.78, 5) is 8.91. The zero-order chi connectivity index (χ0) is 15.5. The van der Waals surface area contributed by atoms with Crippen LogP contribution in [0, 0.1) is 0 Å². The molecule has 2 rings (SSSR count). The largest absolute Gasteiger partial charge is 0.369 e. The molecule has 0 spiro atoms. The molecule has 2 heterocycles. The summed E-state index contributed by atoms with van der Waals surface area (Å²) in [7, 11) is 1.92. The fraction of sp³-hybridized carbons (Fsp3) is 0.538. The van der Waals surface area contributed by atoms with Crippen LogP contribution in [0.1, 0.15) is 32.4 Å². The molecule has 0 fully saturated rings. The number of aromatic nitrogens is 5. The highest BCUT2D eigenvalue weighted by Gasteiger charge is 2.19. The first-order chi connectivity index (χ1) is 9.90. The maximum Gasteiger partial charge on any atom is 0.145 e. The molecule has 4 N–H and O–H groups in total. The third-order valence-electron chi connectivity index (χ3n) is 3.00.